The van der Waals surface area contributed by atoms with Gasteiger partial charge in [0.15, 0.2) is 0 Å². The number of hydrogen-bond acceptors (Lipinski definition) is 4. The first-order valence-electron chi connectivity index (χ1n) is 6.36. The quantitative estimate of drug-likeness (QED) is 0.744. The fraction of sp³-hybridized carbons (Fsp3) is 0.909. The number of nitrogens with two attached hydrogens (primary N) is 1. The zero-order chi connectivity index (χ0) is 13.9. The molecule has 0 radical (unpaired) electrons. The molecule has 7 heteroatoms. The van der Waals surface area contributed by atoms with Gasteiger partial charge in [0.05, 0.1) is 4.99 Å². The molecule has 1 fully saturated rings. The van der Waals surface area contributed by atoms with E-state index in [1.54, 1.807) is 6.92 Å². The molecule has 0 aliphatic carbocycles. The van der Waals surface area contributed by atoms with Crippen LogP contribution in [0.2, 0.25) is 0 Å². The van der Waals surface area contributed by atoms with Crippen LogP contribution >= 0.6 is 12.2 Å². The van der Waals surface area contributed by atoms with Crippen LogP contribution in [0.15, 0.2) is 0 Å². The molecular weight excluding hydrogens is 270 g/mol. The minimum absolute atomic E-state index is 0.0723. The van der Waals surface area contributed by atoms with Crippen LogP contribution in [0, 0.1) is 0 Å². The van der Waals surface area contributed by atoms with Crippen molar-refractivity contribution in [2.24, 2.45) is 5.73 Å². The molecule has 1 saturated heterocycles. The van der Waals surface area contributed by atoms with E-state index in [1.165, 1.54) is 4.31 Å². The summed E-state index contributed by atoms with van der Waals surface area (Å²) in [6, 6.07) is 0.238. The Morgan fingerprint density at radius 1 is 1.44 bits per heavy atom. The second-order valence-corrected chi connectivity index (χ2v) is 7.27. The summed E-state index contributed by atoms with van der Waals surface area (Å²) >= 11 is 4.87. The number of nitrogens with zero attached hydrogens (tertiary/aromatic N) is 2. The number of likely N-dealkylation sites (N-methyl/N-ethyl adjacent to an activating group) is 1. The fourth-order valence-electron chi connectivity index (χ4n) is 2.40. The van der Waals surface area contributed by atoms with Crippen LogP contribution in [0.25, 0.3) is 0 Å². The van der Waals surface area contributed by atoms with E-state index in [4.69, 9.17) is 18.0 Å². The third-order valence-corrected chi connectivity index (χ3v) is 6.33. The predicted molar refractivity (Wildman–Crippen MR) is 78.1 cm³/mol. The number of piperazine rings is 1. The van der Waals surface area contributed by atoms with Crippen molar-refractivity contribution in [2.45, 2.75) is 38.5 Å². The van der Waals surface area contributed by atoms with Crippen molar-refractivity contribution in [1.29, 1.82) is 0 Å². The Kier molecular flexibility index (Phi) is 5.51. The first-order chi connectivity index (χ1) is 8.34. The van der Waals surface area contributed by atoms with Crippen molar-refractivity contribution < 1.29 is 8.42 Å². The van der Waals surface area contributed by atoms with E-state index in [1.807, 2.05) is 6.92 Å². The normalized spacial score (nSPS) is 24.9. The lowest BCUT2D eigenvalue weighted by molar-refractivity contribution is 0.135. The van der Waals surface area contributed by atoms with Gasteiger partial charge in [0.25, 0.3) is 0 Å². The molecule has 0 aromatic heterocycles. The van der Waals surface area contributed by atoms with Crippen LogP contribution in [-0.2, 0) is 10.0 Å². The SMILES string of the molecule is CCC(C(N)=S)S(=O)(=O)N1CCN(CC)C(C)C1. The summed E-state index contributed by atoms with van der Waals surface area (Å²) in [5.41, 5.74) is 5.54. The van der Waals surface area contributed by atoms with Gasteiger partial charge in [-0.15, -0.1) is 0 Å². The minimum atomic E-state index is -3.40. The van der Waals surface area contributed by atoms with E-state index in [-0.39, 0.29) is 11.0 Å². The highest BCUT2D eigenvalue weighted by molar-refractivity contribution is 7.92. The molecule has 0 aromatic carbocycles. The first-order valence-corrected chi connectivity index (χ1v) is 8.28. The molecule has 0 aromatic rings. The van der Waals surface area contributed by atoms with E-state index in [0.717, 1.165) is 13.1 Å². The van der Waals surface area contributed by atoms with Gasteiger partial charge in [-0.25, -0.2) is 8.42 Å². The van der Waals surface area contributed by atoms with E-state index in [2.05, 4.69) is 11.8 Å². The average Bonchev–Trinajstić information content (AvgIpc) is 2.28. The zero-order valence-electron chi connectivity index (χ0n) is 11.3. The monoisotopic (exact) mass is 293 g/mol. The molecule has 0 amide bonds. The van der Waals surface area contributed by atoms with Gasteiger partial charge < -0.3 is 5.73 Å². The summed E-state index contributed by atoms with van der Waals surface area (Å²) < 4.78 is 26.4. The van der Waals surface area contributed by atoms with Crippen LogP contribution < -0.4 is 5.73 Å². The summed E-state index contributed by atoms with van der Waals surface area (Å²) in [5.74, 6) is 0. The van der Waals surface area contributed by atoms with Crippen LogP contribution in [0.1, 0.15) is 27.2 Å². The molecule has 0 bridgehead atoms. The van der Waals surface area contributed by atoms with Crippen molar-refractivity contribution >= 4 is 27.2 Å². The predicted octanol–water partition coefficient (Wildman–Crippen LogP) is 0.407. The van der Waals surface area contributed by atoms with Gasteiger partial charge in [0.1, 0.15) is 5.25 Å². The molecule has 18 heavy (non-hydrogen) atoms. The maximum atomic E-state index is 12.4. The largest absolute Gasteiger partial charge is 0.392 e. The standard InChI is InChI=1S/C11H23N3O2S2/c1-4-10(11(12)17)18(15,16)14-7-6-13(5-2)9(3)8-14/h9-10H,4-8H2,1-3H3,(H2,12,17). The van der Waals surface area contributed by atoms with Crippen molar-refractivity contribution in [3.05, 3.63) is 0 Å². The summed E-state index contributed by atoms with van der Waals surface area (Å²) in [6.45, 7) is 8.70. The molecule has 0 saturated carbocycles. The lowest BCUT2D eigenvalue weighted by Gasteiger charge is -2.39. The third kappa shape index (κ3) is 3.20. The van der Waals surface area contributed by atoms with Gasteiger partial charge in [-0.05, 0) is 19.9 Å². The zero-order valence-corrected chi connectivity index (χ0v) is 12.9. The molecule has 1 heterocycles. The molecule has 1 aliphatic rings. The highest BCUT2D eigenvalue weighted by atomic mass is 32.2. The lowest BCUT2D eigenvalue weighted by atomic mass is 10.2. The van der Waals surface area contributed by atoms with Crippen molar-refractivity contribution in [2.75, 3.05) is 26.2 Å². The molecule has 0 spiro atoms. The van der Waals surface area contributed by atoms with Crippen LogP contribution in [0.4, 0.5) is 0 Å². The van der Waals surface area contributed by atoms with E-state index < -0.39 is 15.3 Å². The number of thiocarbonyl (C=S) groups is 1. The second kappa shape index (κ2) is 6.27. The smallest absolute Gasteiger partial charge is 0.223 e. The van der Waals surface area contributed by atoms with Crippen LogP contribution in [-0.4, -0.2) is 60.1 Å². The van der Waals surface area contributed by atoms with Crippen LogP contribution in [0.5, 0.6) is 0 Å². The topological polar surface area (TPSA) is 66.6 Å². The summed E-state index contributed by atoms with van der Waals surface area (Å²) in [5, 5.41) is -0.729. The van der Waals surface area contributed by atoms with Crippen molar-refractivity contribution in [3.63, 3.8) is 0 Å². The summed E-state index contributed by atoms with van der Waals surface area (Å²) in [6.07, 6.45) is 0.431. The van der Waals surface area contributed by atoms with Crippen molar-refractivity contribution in [1.82, 2.24) is 9.21 Å². The second-order valence-electron chi connectivity index (χ2n) is 4.68. The van der Waals surface area contributed by atoms with E-state index in [9.17, 15) is 8.42 Å². The fourth-order valence-corrected chi connectivity index (χ4v) is 4.77. The Morgan fingerprint density at radius 2 is 2.06 bits per heavy atom. The maximum Gasteiger partial charge on any atom is 0.223 e. The summed E-state index contributed by atoms with van der Waals surface area (Å²) in [7, 11) is -3.40. The Morgan fingerprint density at radius 3 is 2.44 bits per heavy atom. The summed E-state index contributed by atoms with van der Waals surface area (Å²) in [4.78, 5) is 2.34. The van der Waals surface area contributed by atoms with Gasteiger partial charge in [-0.1, -0.05) is 26.1 Å². The third-order valence-electron chi connectivity index (χ3n) is 3.54. The number of hydrogen-bond donors (Lipinski definition) is 1. The molecule has 2 atom stereocenters. The van der Waals surface area contributed by atoms with Gasteiger partial charge >= 0.3 is 0 Å². The Labute approximate surface area is 115 Å². The van der Waals surface area contributed by atoms with Gasteiger partial charge in [0, 0.05) is 25.7 Å². The van der Waals surface area contributed by atoms with E-state index in [0.29, 0.717) is 19.5 Å². The molecule has 106 valence electrons. The number of rotatable bonds is 5. The Bertz CT molecular complexity index is 397. The molecule has 5 nitrogen and oxygen atoms in total. The van der Waals surface area contributed by atoms with Gasteiger partial charge in [0.2, 0.25) is 10.0 Å². The number of sulfonamides is 1. The van der Waals surface area contributed by atoms with Crippen molar-refractivity contribution in [3.8, 4) is 0 Å². The van der Waals surface area contributed by atoms with Gasteiger partial charge in [-0.3, -0.25) is 4.90 Å². The minimum Gasteiger partial charge on any atom is -0.392 e. The van der Waals surface area contributed by atoms with Gasteiger partial charge in [-0.2, -0.15) is 4.31 Å². The molecule has 2 N–H and O–H groups in total. The molecule has 2 unspecified atom stereocenters. The van der Waals surface area contributed by atoms with Crippen LogP contribution in [0.3, 0.4) is 0 Å². The molecular formula is C11H23N3O2S2. The first kappa shape index (κ1) is 15.8. The molecule has 1 rings (SSSR count). The Balaban J connectivity index is 2.85. The highest BCUT2D eigenvalue weighted by Gasteiger charge is 2.36. The highest BCUT2D eigenvalue weighted by Crippen LogP contribution is 2.18. The average molecular weight is 293 g/mol. The maximum absolute atomic E-state index is 12.4. The van der Waals surface area contributed by atoms with E-state index >= 15 is 0 Å². The molecule has 1 aliphatic heterocycles. The lowest BCUT2D eigenvalue weighted by Crippen LogP contribution is -2.56. The Hall–Kier alpha value is -0.240.